The Morgan fingerprint density at radius 1 is 0.969 bits per heavy atom. The van der Waals surface area contributed by atoms with E-state index in [1.54, 1.807) is 0 Å². The number of nitriles is 1. The van der Waals surface area contributed by atoms with Crippen LogP contribution in [0.4, 0.5) is 0 Å². The van der Waals surface area contributed by atoms with Gasteiger partial charge in [-0.1, -0.05) is 46.8 Å². The first-order valence-corrected chi connectivity index (χ1v) is 13.6. The molecule has 1 heterocycles. The molecular weight excluding hydrogens is 390 g/mol. The zero-order valence-electron chi connectivity index (χ0n) is 21.7. The molecule has 0 unspecified atom stereocenters. The topological polar surface area (TPSA) is 33.0 Å². The molecule has 178 valence electrons. The summed E-state index contributed by atoms with van der Waals surface area (Å²) in [5.74, 6) is 2.82. The van der Waals surface area contributed by atoms with Gasteiger partial charge < -0.3 is 4.74 Å². The highest BCUT2D eigenvalue weighted by Gasteiger charge is 2.71. The molecular formula is C30H47NO. The van der Waals surface area contributed by atoms with Gasteiger partial charge in [-0.15, -0.1) is 0 Å². The lowest BCUT2D eigenvalue weighted by molar-refractivity contribution is -0.224. The van der Waals surface area contributed by atoms with Crippen LogP contribution in [-0.2, 0) is 4.74 Å². The van der Waals surface area contributed by atoms with Crippen molar-refractivity contribution in [3.8, 4) is 6.07 Å². The predicted octanol–water partition coefficient (Wildman–Crippen LogP) is 7.94. The summed E-state index contributed by atoms with van der Waals surface area (Å²) in [6.07, 6.45) is 12.9. The Morgan fingerprint density at radius 2 is 1.69 bits per heavy atom. The molecule has 4 aliphatic carbocycles. The molecule has 1 aliphatic heterocycles. The Hall–Kier alpha value is -0.810. The lowest BCUT2D eigenvalue weighted by atomic mass is 9.33. The fourth-order valence-electron chi connectivity index (χ4n) is 10.8. The highest BCUT2D eigenvalue weighted by Crippen LogP contribution is 2.76. The van der Waals surface area contributed by atoms with Gasteiger partial charge in [0, 0.05) is 6.42 Å². The maximum atomic E-state index is 9.49. The van der Waals surface area contributed by atoms with Crippen LogP contribution in [0.15, 0.2) is 12.2 Å². The zero-order valence-corrected chi connectivity index (χ0v) is 21.7. The van der Waals surface area contributed by atoms with Gasteiger partial charge in [0.1, 0.15) is 0 Å². The minimum atomic E-state index is 0.207. The Kier molecular flexibility index (Phi) is 5.09. The van der Waals surface area contributed by atoms with Crippen molar-refractivity contribution in [2.24, 2.45) is 50.7 Å². The quantitative estimate of drug-likeness (QED) is 0.420. The maximum absolute atomic E-state index is 9.49. The number of fused-ring (bicyclic) bond motifs is 3. The van der Waals surface area contributed by atoms with E-state index in [1.807, 2.05) is 0 Å². The van der Waals surface area contributed by atoms with Crippen molar-refractivity contribution in [3.63, 3.8) is 0 Å². The Labute approximate surface area is 197 Å². The third kappa shape index (κ3) is 2.73. The van der Waals surface area contributed by atoms with E-state index in [1.165, 1.54) is 56.9 Å². The Morgan fingerprint density at radius 3 is 2.38 bits per heavy atom. The van der Waals surface area contributed by atoms with Gasteiger partial charge in [-0.2, -0.15) is 5.26 Å². The van der Waals surface area contributed by atoms with Gasteiger partial charge in [0.05, 0.1) is 18.8 Å². The van der Waals surface area contributed by atoms with E-state index in [9.17, 15) is 5.26 Å². The van der Waals surface area contributed by atoms with Crippen LogP contribution >= 0.6 is 0 Å². The summed E-state index contributed by atoms with van der Waals surface area (Å²) in [7, 11) is 0. The molecule has 0 spiro atoms. The summed E-state index contributed by atoms with van der Waals surface area (Å²) < 4.78 is 6.69. The molecule has 2 nitrogen and oxygen atoms in total. The molecule has 0 aromatic heterocycles. The van der Waals surface area contributed by atoms with Crippen LogP contribution in [0, 0.1) is 62.1 Å². The summed E-state index contributed by atoms with van der Waals surface area (Å²) in [5.41, 5.74) is 3.08. The molecule has 1 saturated heterocycles. The van der Waals surface area contributed by atoms with Gasteiger partial charge in [-0.3, -0.25) is 0 Å². The van der Waals surface area contributed by atoms with Crippen molar-refractivity contribution in [1.29, 1.82) is 5.26 Å². The average Bonchev–Trinajstić information content (AvgIpc) is 3.06. The van der Waals surface area contributed by atoms with Gasteiger partial charge in [-0.05, 0) is 115 Å². The average molecular weight is 438 g/mol. The van der Waals surface area contributed by atoms with Crippen molar-refractivity contribution in [2.75, 3.05) is 6.61 Å². The standard InChI is InChI=1S/C30H47NO/c1-20(2)21-11-13-29(7)23(27(21,5)12-8-18-31)10-9-22-24-25-26(3,4)14-16-30(24,19-32-25)17-15-28(22,29)6/h21-25H,1,8-17,19H2,2-7H3/t21-,22+,23+,24-,25+,27-,28+,29+,30+/m0/s1. The molecule has 0 aromatic rings. The van der Waals surface area contributed by atoms with Gasteiger partial charge in [-0.25, -0.2) is 0 Å². The van der Waals surface area contributed by atoms with E-state index < -0.39 is 0 Å². The van der Waals surface area contributed by atoms with E-state index in [0.717, 1.165) is 24.9 Å². The van der Waals surface area contributed by atoms with Crippen LogP contribution in [0.3, 0.4) is 0 Å². The number of hydrogen-bond acceptors (Lipinski definition) is 2. The summed E-state index contributed by atoms with van der Waals surface area (Å²) in [4.78, 5) is 0. The van der Waals surface area contributed by atoms with E-state index in [4.69, 9.17) is 4.74 Å². The number of nitrogens with zero attached hydrogens (tertiary/aromatic N) is 1. The van der Waals surface area contributed by atoms with Crippen LogP contribution in [0.2, 0.25) is 0 Å². The number of allylic oxidation sites excluding steroid dienone is 1. The SMILES string of the molecule is C=C(C)[C@@H]1CC[C@]2(C)[C@H](CC[C@@H]3[C@H]4[C@H]5OC[C@@]4(CCC5(C)C)CC[C@]32C)[C@@]1(C)CCC#N. The maximum Gasteiger partial charge on any atom is 0.0663 e. The third-order valence-corrected chi connectivity index (χ3v) is 12.8. The lowest BCUT2D eigenvalue weighted by Crippen LogP contribution is -2.65. The minimum Gasteiger partial charge on any atom is -0.377 e. The van der Waals surface area contributed by atoms with Crippen LogP contribution in [0.1, 0.15) is 106 Å². The van der Waals surface area contributed by atoms with E-state index in [-0.39, 0.29) is 5.41 Å². The van der Waals surface area contributed by atoms with Crippen molar-refractivity contribution in [1.82, 2.24) is 0 Å². The second-order valence-corrected chi connectivity index (χ2v) is 14.3. The number of ether oxygens (including phenoxy) is 1. The molecule has 2 bridgehead atoms. The van der Waals surface area contributed by atoms with E-state index in [0.29, 0.717) is 46.0 Å². The zero-order chi connectivity index (χ0) is 23.2. The van der Waals surface area contributed by atoms with Crippen LogP contribution in [0.5, 0.6) is 0 Å². The molecule has 0 N–H and O–H groups in total. The summed E-state index contributed by atoms with van der Waals surface area (Å²) in [6.45, 7) is 20.6. The van der Waals surface area contributed by atoms with Gasteiger partial charge >= 0.3 is 0 Å². The monoisotopic (exact) mass is 437 g/mol. The van der Waals surface area contributed by atoms with Crippen molar-refractivity contribution < 1.29 is 4.74 Å². The van der Waals surface area contributed by atoms with E-state index in [2.05, 4.69) is 54.2 Å². The molecule has 0 radical (unpaired) electrons. The summed E-state index contributed by atoms with van der Waals surface area (Å²) in [6, 6.07) is 2.49. The molecule has 0 amide bonds. The fourth-order valence-corrected chi connectivity index (χ4v) is 10.8. The first-order chi connectivity index (χ1) is 15.0. The molecule has 4 saturated carbocycles. The molecule has 9 atom stereocenters. The fraction of sp³-hybridized carbons (Fsp3) is 0.900. The molecule has 5 rings (SSSR count). The molecule has 0 aromatic carbocycles. The smallest absolute Gasteiger partial charge is 0.0663 e. The largest absolute Gasteiger partial charge is 0.377 e. The normalized spacial score (nSPS) is 53.5. The Bertz CT molecular complexity index is 838. The van der Waals surface area contributed by atoms with Crippen molar-refractivity contribution in [2.45, 2.75) is 112 Å². The lowest BCUT2D eigenvalue weighted by Gasteiger charge is -2.71. The molecule has 5 fully saturated rings. The van der Waals surface area contributed by atoms with Gasteiger partial charge in [0.25, 0.3) is 0 Å². The molecule has 5 aliphatic rings. The van der Waals surface area contributed by atoms with Crippen molar-refractivity contribution in [3.05, 3.63) is 12.2 Å². The highest BCUT2D eigenvalue weighted by molar-refractivity contribution is 5.21. The second-order valence-electron chi connectivity index (χ2n) is 14.3. The summed E-state index contributed by atoms with van der Waals surface area (Å²) in [5, 5.41) is 9.49. The van der Waals surface area contributed by atoms with Crippen molar-refractivity contribution >= 4 is 0 Å². The minimum absolute atomic E-state index is 0.207. The van der Waals surface area contributed by atoms with Gasteiger partial charge in [0.15, 0.2) is 0 Å². The predicted molar refractivity (Wildman–Crippen MR) is 131 cm³/mol. The second kappa shape index (κ2) is 7.10. The van der Waals surface area contributed by atoms with Gasteiger partial charge in [0.2, 0.25) is 0 Å². The van der Waals surface area contributed by atoms with Crippen LogP contribution in [-0.4, -0.2) is 12.7 Å². The third-order valence-electron chi connectivity index (χ3n) is 12.8. The number of hydrogen-bond donors (Lipinski definition) is 0. The van der Waals surface area contributed by atoms with Crippen LogP contribution in [0.25, 0.3) is 0 Å². The molecule has 32 heavy (non-hydrogen) atoms. The summed E-state index contributed by atoms with van der Waals surface area (Å²) >= 11 is 0. The molecule has 2 heteroatoms. The van der Waals surface area contributed by atoms with Crippen LogP contribution < -0.4 is 0 Å². The highest BCUT2D eigenvalue weighted by atomic mass is 16.5. The van der Waals surface area contributed by atoms with E-state index >= 15 is 0 Å². The first kappa shape index (κ1) is 23.0. The first-order valence-electron chi connectivity index (χ1n) is 13.6. The Balaban J connectivity index is 1.55. The number of rotatable bonds is 3.